The van der Waals surface area contributed by atoms with Crippen LogP contribution in [0.15, 0.2) is 48.5 Å². The second-order valence-electron chi connectivity index (χ2n) is 6.93. The van der Waals surface area contributed by atoms with E-state index in [-0.39, 0.29) is 11.8 Å². The van der Waals surface area contributed by atoms with Crippen LogP contribution in [0.5, 0.6) is 0 Å². The first-order chi connectivity index (χ1) is 12.7. The van der Waals surface area contributed by atoms with Crippen LogP contribution >= 0.6 is 0 Å². The van der Waals surface area contributed by atoms with Gasteiger partial charge in [-0.3, -0.25) is 9.59 Å². The highest BCUT2D eigenvalue weighted by atomic mass is 16.5. The maximum absolute atomic E-state index is 13.3. The maximum Gasteiger partial charge on any atom is 0.235 e. The highest BCUT2D eigenvalue weighted by Crippen LogP contribution is 2.36. The summed E-state index contributed by atoms with van der Waals surface area (Å²) >= 11 is 0. The first-order valence-electron chi connectivity index (χ1n) is 9.05. The van der Waals surface area contributed by atoms with Crippen molar-refractivity contribution in [3.63, 3.8) is 0 Å². The topological polar surface area (TPSA) is 67.4 Å². The van der Waals surface area contributed by atoms with Crippen molar-refractivity contribution in [2.45, 2.75) is 31.1 Å². The maximum atomic E-state index is 13.3. The molecule has 2 N–H and O–H groups in total. The Hall–Kier alpha value is -2.66. The molecule has 0 bridgehead atoms. The van der Waals surface area contributed by atoms with Crippen molar-refractivity contribution in [1.82, 2.24) is 0 Å². The van der Waals surface area contributed by atoms with Crippen molar-refractivity contribution in [3.8, 4) is 0 Å². The molecule has 5 heteroatoms. The average molecular weight is 350 g/mol. The van der Waals surface area contributed by atoms with Gasteiger partial charge < -0.3 is 15.4 Å². The molecule has 134 valence electrons. The normalized spacial score (nSPS) is 18.5. The molecule has 0 aromatic heterocycles. The van der Waals surface area contributed by atoms with Crippen LogP contribution in [0, 0.1) is 0 Å². The minimum absolute atomic E-state index is 0.00629. The molecule has 0 spiro atoms. The second kappa shape index (κ2) is 6.92. The summed E-state index contributed by atoms with van der Waals surface area (Å²) in [4.78, 5) is 24.8. The zero-order valence-electron chi connectivity index (χ0n) is 14.6. The first kappa shape index (κ1) is 16.8. The number of anilines is 2. The number of hydrogen-bond donors (Lipinski definition) is 2. The van der Waals surface area contributed by atoms with Gasteiger partial charge in [-0.25, -0.2) is 0 Å². The number of nitrogens with one attached hydrogen (secondary N) is 2. The predicted molar refractivity (Wildman–Crippen MR) is 100 cm³/mol. The Labute approximate surface area is 152 Å². The zero-order valence-corrected chi connectivity index (χ0v) is 14.6. The van der Waals surface area contributed by atoms with Crippen molar-refractivity contribution >= 4 is 23.2 Å². The van der Waals surface area contributed by atoms with Crippen LogP contribution in [0.1, 0.15) is 30.4 Å². The summed E-state index contributed by atoms with van der Waals surface area (Å²) < 4.78 is 5.51. The molecule has 2 aliphatic heterocycles. The minimum atomic E-state index is -0.566. The van der Waals surface area contributed by atoms with Gasteiger partial charge in [0.15, 0.2) is 0 Å². The fourth-order valence-electron chi connectivity index (χ4n) is 3.84. The molecule has 0 atom stereocenters. The van der Waals surface area contributed by atoms with E-state index in [1.54, 1.807) is 0 Å². The fraction of sp³-hybridized carbons (Fsp3) is 0.333. The Morgan fingerprint density at radius 3 is 2.58 bits per heavy atom. The SMILES string of the molecule is O=C1CCc2cc(NC(=O)C3(c4ccccc4)CCOCC3)ccc2N1. The quantitative estimate of drug-likeness (QED) is 0.893. The van der Waals surface area contributed by atoms with Gasteiger partial charge in [0, 0.05) is 31.0 Å². The van der Waals surface area contributed by atoms with Crippen LogP contribution in [-0.2, 0) is 26.2 Å². The van der Waals surface area contributed by atoms with Crippen molar-refractivity contribution in [1.29, 1.82) is 0 Å². The van der Waals surface area contributed by atoms with E-state index < -0.39 is 5.41 Å². The summed E-state index contributed by atoms with van der Waals surface area (Å²) in [6.07, 6.45) is 2.52. The van der Waals surface area contributed by atoms with E-state index in [1.807, 2.05) is 48.5 Å². The van der Waals surface area contributed by atoms with Crippen molar-refractivity contribution in [2.24, 2.45) is 0 Å². The Balaban J connectivity index is 1.60. The van der Waals surface area contributed by atoms with Gasteiger partial charge in [-0.05, 0) is 48.6 Å². The van der Waals surface area contributed by atoms with Gasteiger partial charge >= 0.3 is 0 Å². The molecule has 0 unspecified atom stereocenters. The van der Waals surface area contributed by atoms with Crippen molar-refractivity contribution < 1.29 is 14.3 Å². The number of ether oxygens (including phenoxy) is 1. The van der Waals surface area contributed by atoms with Crippen LogP contribution in [0.2, 0.25) is 0 Å². The summed E-state index contributed by atoms with van der Waals surface area (Å²) in [5.41, 5.74) is 3.13. The number of hydrogen-bond acceptors (Lipinski definition) is 3. The van der Waals surface area contributed by atoms with Crippen LogP contribution in [-0.4, -0.2) is 25.0 Å². The lowest BCUT2D eigenvalue weighted by atomic mass is 9.73. The Kier molecular flexibility index (Phi) is 4.47. The monoisotopic (exact) mass is 350 g/mol. The van der Waals surface area contributed by atoms with Gasteiger partial charge in [0.1, 0.15) is 0 Å². The summed E-state index contributed by atoms with van der Waals surface area (Å²) in [5.74, 6) is 0.0475. The van der Waals surface area contributed by atoms with E-state index in [1.165, 1.54) is 0 Å². The van der Waals surface area contributed by atoms with E-state index in [0.717, 1.165) is 22.5 Å². The molecular weight excluding hydrogens is 328 g/mol. The lowest BCUT2D eigenvalue weighted by Crippen LogP contribution is -2.44. The van der Waals surface area contributed by atoms with E-state index in [2.05, 4.69) is 10.6 Å². The third-order valence-electron chi connectivity index (χ3n) is 5.37. The van der Waals surface area contributed by atoms with Gasteiger partial charge in [-0.1, -0.05) is 30.3 Å². The molecule has 4 rings (SSSR count). The van der Waals surface area contributed by atoms with Gasteiger partial charge in [-0.15, -0.1) is 0 Å². The van der Waals surface area contributed by atoms with E-state index >= 15 is 0 Å². The Bertz CT molecular complexity index is 826. The number of rotatable bonds is 3. The molecule has 0 aliphatic carbocycles. The molecular formula is C21H22N2O3. The highest BCUT2D eigenvalue weighted by molar-refractivity contribution is 6.00. The van der Waals surface area contributed by atoms with Gasteiger partial charge in [0.05, 0.1) is 5.41 Å². The number of amides is 2. The zero-order chi connectivity index (χ0) is 18.0. The summed E-state index contributed by atoms with van der Waals surface area (Å²) in [6, 6.07) is 15.6. The van der Waals surface area contributed by atoms with Gasteiger partial charge in [0.25, 0.3) is 0 Å². The molecule has 26 heavy (non-hydrogen) atoms. The van der Waals surface area contributed by atoms with Crippen LogP contribution in [0.25, 0.3) is 0 Å². The molecule has 1 fully saturated rings. The minimum Gasteiger partial charge on any atom is -0.381 e. The van der Waals surface area contributed by atoms with Crippen LogP contribution in [0.3, 0.4) is 0 Å². The number of aryl methyl sites for hydroxylation is 1. The van der Waals surface area contributed by atoms with Crippen molar-refractivity contribution in [2.75, 3.05) is 23.8 Å². The lowest BCUT2D eigenvalue weighted by Gasteiger charge is -2.36. The van der Waals surface area contributed by atoms with E-state index in [0.29, 0.717) is 38.9 Å². The molecule has 2 amide bonds. The molecule has 5 nitrogen and oxygen atoms in total. The molecule has 0 saturated carbocycles. The van der Waals surface area contributed by atoms with Crippen LogP contribution in [0.4, 0.5) is 11.4 Å². The molecule has 2 aromatic rings. The van der Waals surface area contributed by atoms with Crippen molar-refractivity contribution in [3.05, 3.63) is 59.7 Å². The molecule has 2 aromatic carbocycles. The number of carbonyl (C=O) groups is 2. The largest absolute Gasteiger partial charge is 0.381 e. The van der Waals surface area contributed by atoms with E-state index in [9.17, 15) is 9.59 Å². The average Bonchev–Trinajstić information content (AvgIpc) is 2.69. The van der Waals surface area contributed by atoms with Crippen LogP contribution < -0.4 is 10.6 Å². The number of fused-ring (bicyclic) bond motifs is 1. The predicted octanol–water partition coefficient (Wildman–Crippen LogP) is 3.26. The smallest absolute Gasteiger partial charge is 0.235 e. The Morgan fingerprint density at radius 1 is 1.04 bits per heavy atom. The number of carbonyl (C=O) groups excluding carboxylic acids is 2. The number of benzene rings is 2. The third kappa shape index (κ3) is 3.10. The second-order valence-corrected chi connectivity index (χ2v) is 6.93. The summed E-state index contributed by atoms with van der Waals surface area (Å²) in [6.45, 7) is 1.16. The third-order valence-corrected chi connectivity index (χ3v) is 5.37. The fourth-order valence-corrected chi connectivity index (χ4v) is 3.84. The summed E-state index contributed by atoms with van der Waals surface area (Å²) in [7, 11) is 0. The Morgan fingerprint density at radius 2 is 1.81 bits per heavy atom. The van der Waals surface area contributed by atoms with Gasteiger partial charge in [-0.2, -0.15) is 0 Å². The summed E-state index contributed by atoms with van der Waals surface area (Å²) in [5, 5.41) is 5.97. The molecule has 2 heterocycles. The highest BCUT2D eigenvalue weighted by Gasteiger charge is 2.41. The standard InChI is InChI=1S/C21H22N2O3/c24-19-9-6-15-14-17(7-8-18(15)23-19)22-20(25)21(10-12-26-13-11-21)16-4-2-1-3-5-16/h1-5,7-8,14H,6,9-13H2,(H,22,25)(H,23,24). The van der Waals surface area contributed by atoms with E-state index in [4.69, 9.17) is 4.74 Å². The molecule has 1 saturated heterocycles. The first-order valence-corrected chi connectivity index (χ1v) is 9.05. The van der Waals surface area contributed by atoms with Gasteiger partial charge in [0.2, 0.25) is 11.8 Å². The molecule has 0 radical (unpaired) electrons. The lowest BCUT2D eigenvalue weighted by molar-refractivity contribution is -0.125. The molecule has 2 aliphatic rings.